The van der Waals surface area contributed by atoms with Gasteiger partial charge in [-0.15, -0.1) is 0 Å². The molecule has 6 heteroatoms. The van der Waals surface area contributed by atoms with E-state index in [0.717, 1.165) is 16.6 Å². The van der Waals surface area contributed by atoms with Crippen molar-refractivity contribution in [3.63, 3.8) is 0 Å². The van der Waals surface area contributed by atoms with Crippen LogP contribution >= 0.6 is 0 Å². The van der Waals surface area contributed by atoms with Crippen molar-refractivity contribution in [2.24, 2.45) is 0 Å². The Morgan fingerprint density at radius 3 is 2.59 bits per heavy atom. The minimum absolute atomic E-state index is 0.233. The van der Waals surface area contributed by atoms with Crippen molar-refractivity contribution in [1.29, 1.82) is 0 Å². The Kier molecular flexibility index (Phi) is 3.91. The third-order valence-corrected chi connectivity index (χ3v) is 3.23. The van der Waals surface area contributed by atoms with Crippen LogP contribution in [-0.4, -0.2) is 16.1 Å². The number of H-pyrrole nitrogens is 2. The van der Waals surface area contributed by atoms with Crippen LogP contribution in [0.15, 0.2) is 53.3 Å². The van der Waals surface area contributed by atoms with Crippen molar-refractivity contribution >= 4 is 17.1 Å². The summed E-state index contributed by atoms with van der Waals surface area (Å²) in [4.78, 5) is 28.2. The molecule has 0 saturated heterocycles. The van der Waals surface area contributed by atoms with Crippen LogP contribution in [0.3, 0.4) is 0 Å². The van der Waals surface area contributed by atoms with E-state index in [2.05, 4.69) is 15.3 Å². The maximum absolute atomic E-state index is 11.7. The van der Waals surface area contributed by atoms with Gasteiger partial charge in [-0.05, 0) is 23.3 Å². The first-order chi connectivity index (χ1) is 10.7. The summed E-state index contributed by atoms with van der Waals surface area (Å²) in [6.45, 7) is 0.563. The number of nitrogens with one attached hydrogen (secondary N) is 3. The molecular formula is C16H15N3O3. The lowest BCUT2D eigenvalue weighted by Gasteiger charge is -2.07. The van der Waals surface area contributed by atoms with Gasteiger partial charge in [0.05, 0.1) is 11.0 Å². The lowest BCUT2D eigenvalue weighted by atomic mass is 10.2. The second-order valence-electron chi connectivity index (χ2n) is 4.87. The van der Waals surface area contributed by atoms with E-state index in [1.807, 2.05) is 42.5 Å². The summed E-state index contributed by atoms with van der Waals surface area (Å²) in [5, 5.41) is 2.68. The Bertz CT molecular complexity index is 836. The molecule has 0 atom stereocenters. The zero-order valence-electron chi connectivity index (χ0n) is 11.8. The van der Waals surface area contributed by atoms with Gasteiger partial charge >= 0.3 is 11.8 Å². The van der Waals surface area contributed by atoms with Crippen LogP contribution in [0.4, 0.5) is 4.79 Å². The molecule has 3 aromatic rings. The highest BCUT2D eigenvalue weighted by molar-refractivity contribution is 5.75. The third-order valence-electron chi connectivity index (χ3n) is 3.23. The Morgan fingerprint density at radius 2 is 1.77 bits per heavy atom. The number of benzene rings is 2. The second kappa shape index (κ2) is 6.17. The summed E-state index contributed by atoms with van der Waals surface area (Å²) in [5.41, 5.74) is 3.01. The molecule has 2 aromatic carbocycles. The van der Waals surface area contributed by atoms with Crippen molar-refractivity contribution in [2.75, 3.05) is 0 Å². The molecule has 0 radical (unpaired) electrons. The predicted molar refractivity (Wildman–Crippen MR) is 82.4 cm³/mol. The summed E-state index contributed by atoms with van der Waals surface area (Å²) < 4.78 is 5.13. The van der Waals surface area contributed by atoms with E-state index in [-0.39, 0.29) is 12.3 Å². The number of imidazole rings is 1. The molecule has 6 nitrogen and oxygen atoms in total. The van der Waals surface area contributed by atoms with Crippen molar-refractivity contribution in [3.05, 3.63) is 70.1 Å². The number of ether oxygens (including phenoxy) is 1. The third kappa shape index (κ3) is 3.35. The first kappa shape index (κ1) is 13.9. The smallest absolute Gasteiger partial charge is 0.407 e. The van der Waals surface area contributed by atoms with E-state index in [1.165, 1.54) is 0 Å². The first-order valence-corrected chi connectivity index (χ1v) is 6.86. The second-order valence-corrected chi connectivity index (χ2v) is 4.87. The first-order valence-electron chi connectivity index (χ1n) is 6.86. The Hall–Kier alpha value is -3.02. The van der Waals surface area contributed by atoms with Crippen LogP contribution in [-0.2, 0) is 17.9 Å². The number of aromatic amines is 2. The molecule has 0 spiro atoms. The molecule has 0 unspecified atom stereocenters. The topological polar surface area (TPSA) is 87.0 Å². The molecule has 0 fully saturated rings. The van der Waals surface area contributed by atoms with Gasteiger partial charge in [0.1, 0.15) is 6.61 Å². The van der Waals surface area contributed by atoms with E-state index in [9.17, 15) is 9.59 Å². The van der Waals surface area contributed by atoms with Gasteiger partial charge in [-0.1, -0.05) is 36.4 Å². The van der Waals surface area contributed by atoms with Crippen LogP contribution in [0.1, 0.15) is 11.1 Å². The zero-order chi connectivity index (χ0) is 15.4. The Labute approximate surface area is 126 Å². The highest BCUT2D eigenvalue weighted by Crippen LogP contribution is 2.10. The molecule has 0 saturated carbocycles. The SMILES string of the molecule is O=C(NCc1ccc2[nH]c(=O)[nH]c2c1)OCc1ccccc1. The largest absolute Gasteiger partial charge is 0.445 e. The average molecular weight is 297 g/mol. The minimum atomic E-state index is -0.480. The number of rotatable bonds is 4. The monoisotopic (exact) mass is 297 g/mol. The molecule has 0 aliphatic rings. The van der Waals surface area contributed by atoms with Gasteiger partial charge in [-0.2, -0.15) is 0 Å². The lowest BCUT2D eigenvalue weighted by Crippen LogP contribution is -2.23. The molecule has 22 heavy (non-hydrogen) atoms. The summed E-state index contributed by atoms with van der Waals surface area (Å²) in [7, 11) is 0. The van der Waals surface area contributed by atoms with Crippen molar-refractivity contribution < 1.29 is 9.53 Å². The normalized spacial score (nSPS) is 10.5. The summed E-state index contributed by atoms with van der Waals surface area (Å²) >= 11 is 0. The zero-order valence-corrected chi connectivity index (χ0v) is 11.8. The molecule has 0 aliphatic heterocycles. The molecule has 3 N–H and O–H groups in total. The van der Waals surface area contributed by atoms with Gasteiger partial charge < -0.3 is 20.0 Å². The van der Waals surface area contributed by atoms with Gasteiger partial charge in [0.2, 0.25) is 0 Å². The number of hydrogen-bond donors (Lipinski definition) is 3. The van der Waals surface area contributed by atoms with Crippen LogP contribution in [0.5, 0.6) is 0 Å². The number of aromatic nitrogens is 2. The molecule has 3 rings (SSSR count). The number of amides is 1. The van der Waals surface area contributed by atoms with Crippen LogP contribution in [0.25, 0.3) is 11.0 Å². The van der Waals surface area contributed by atoms with E-state index in [4.69, 9.17) is 4.74 Å². The van der Waals surface area contributed by atoms with Crippen molar-refractivity contribution in [3.8, 4) is 0 Å². The minimum Gasteiger partial charge on any atom is -0.445 e. The van der Waals surface area contributed by atoms with E-state index < -0.39 is 6.09 Å². The van der Waals surface area contributed by atoms with E-state index >= 15 is 0 Å². The number of fused-ring (bicyclic) bond motifs is 1. The molecular weight excluding hydrogens is 282 g/mol. The van der Waals surface area contributed by atoms with E-state index in [1.54, 1.807) is 6.07 Å². The van der Waals surface area contributed by atoms with Crippen LogP contribution in [0, 0.1) is 0 Å². The van der Waals surface area contributed by atoms with Gasteiger partial charge in [0.25, 0.3) is 0 Å². The fourth-order valence-corrected chi connectivity index (χ4v) is 2.14. The van der Waals surface area contributed by atoms with Gasteiger partial charge in [-0.25, -0.2) is 9.59 Å². The molecule has 1 heterocycles. The maximum atomic E-state index is 11.7. The number of carbonyl (C=O) groups excluding carboxylic acids is 1. The quantitative estimate of drug-likeness (QED) is 0.690. The highest BCUT2D eigenvalue weighted by Gasteiger charge is 2.04. The molecule has 1 amide bonds. The number of carbonyl (C=O) groups is 1. The lowest BCUT2D eigenvalue weighted by molar-refractivity contribution is 0.139. The predicted octanol–water partition coefficient (Wildman–Crippen LogP) is 2.28. The highest BCUT2D eigenvalue weighted by atomic mass is 16.5. The van der Waals surface area contributed by atoms with Gasteiger partial charge in [-0.3, -0.25) is 0 Å². The molecule has 1 aromatic heterocycles. The number of hydrogen-bond acceptors (Lipinski definition) is 3. The number of alkyl carbamates (subject to hydrolysis) is 1. The Morgan fingerprint density at radius 1 is 1.00 bits per heavy atom. The summed E-state index contributed by atoms with van der Waals surface area (Å²) in [6, 6.07) is 14.9. The van der Waals surface area contributed by atoms with Crippen molar-refractivity contribution in [2.45, 2.75) is 13.2 Å². The molecule has 0 aliphatic carbocycles. The van der Waals surface area contributed by atoms with Crippen molar-refractivity contribution in [1.82, 2.24) is 15.3 Å². The molecule has 112 valence electrons. The fourth-order valence-electron chi connectivity index (χ4n) is 2.14. The maximum Gasteiger partial charge on any atom is 0.407 e. The van der Waals surface area contributed by atoms with E-state index in [0.29, 0.717) is 12.1 Å². The van der Waals surface area contributed by atoms with Crippen LogP contribution in [0.2, 0.25) is 0 Å². The summed E-state index contributed by atoms with van der Waals surface area (Å²) in [5.74, 6) is 0. The summed E-state index contributed by atoms with van der Waals surface area (Å²) in [6.07, 6.45) is -0.480. The standard InChI is InChI=1S/C16H15N3O3/c20-15-18-13-7-6-12(8-14(13)19-15)9-17-16(21)22-10-11-4-2-1-3-5-11/h1-8H,9-10H2,(H,17,21)(H2,18,19,20). The Balaban J connectivity index is 1.54. The molecule has 0 bridgehead atoms. The average Bonchev–Trinajstić information content (AvgIpc) is 2.91. The van der Waals surface area contributed by atoms with Gasteiger partial charge in [0.15, 0.2) is 0 Å². The van der Waals surface area contributed by atoms with Gasteiger partial charge in [0, 0.05) is 6.54 Å². The fraction of sp³-hybridized carbons (Fsp3) is 0.125. The van der Waals surface area contributed by atoms with Crippen LogP contribution < -0.4 is 11.0 Å².